The zero-order valence-electron chi connectivity index (χ0n) is 18.6. The largest absolute Gasteiger partial charge is 0.494 e. The Labute approximate surface area is 198 Å². The molecule has 0 aliphatic carbocycles. The van der Waals surface area contributed by atoms with Crippen LogP contribution in [0.1, 0.15) is 34.7 Å². The van der Waals surface area contributed by atoms with Crippen LogP contribution in [-0.2, 0) is 25.6 Å². The number of alkyl halides is 3. The van der Waals surface area contributed by atoms with E-state index < -0.39 is 17.6 Å². The van der Waals surface area contributed by atoms with Crippen LogP contribution >= 0.6 is 0 Å². The summed E-state index contributed by atoms with van der Waals surface area (Å²) >= 11 is 0. The number of oxazole rings is 1. The van der Waals surface area contributed by atoms with Gasteiger partial charge in [-0.05, 0) is 48.7 Å². The van der Waals surface area contributed by atoms with E-state index in [0.29, 0.717) is 24.8 Å². The molecule has 2 heterocycles. The molecule has 0 saturated carbocycles. The summed E-state index contributed by atoms with van der Waals surface area (Å²) in [5.41, 5.74) is 0.796. The molecular weight excluding hydrogens is 464 g/mol. The van der Waals surface area contributed by atoms with E-state index in [1.165, 1.54) is 18.4 Å². The maximum atomic E-state index is 14.0. The molecule has 4 rings (SSSR count). The molecule has 4 aromatic rings. The molecule has 0 saturated heterocycles. The van der Waals surface area contributed by atoms with E-state index in [0.717, 1.165) is 42.8 Å². The van der Waals surface area contributed by atoms with Gasteiger partial charge in [-0.2, -0.15) is 13.2 Å². The van der Waals surface area contributed by atoms with Gasteiger partial charge in [-0.15, -0.1) is 5.10 Å². The molecule has 182 valence electrons. The average Bonchev–Trinajstić information content (AvgIpc) is 3.52. The van der Waals surface area contributed by atoms with Crippen LogP contribution in [-0.4, -0.2) is 26.6 Å². The quantitative estimate of drug-likeness (QED) is 0.208. The predicted molar refractivity (Wildman–Crippen MR) is 121 cm³/mol. The van der Waals surface area contributed by atoms with Crippen LogP contribution in [0.25, 0.3) is 12.2 Å². The first-order chi connectivity index (χ1) is 16.9. The smallest absolute Gasteiger partial charge is 0.416 e. The molecule has 2 aromatic heterocycles. The van der Waals surface area contributed by atoms with E-state index in [2.05, 4.69) is 15.3 Å². The minimum atomic E-state index is -4.59. The minimum absolute atomic E-state index is 0.0125. The molecule has 0 fully saturated rings. The first-order valence-electron chi connectivity index (χ1n) is 10.9. The summed E-state index contributed by atoms with van der Waals surface area (Å²) in [6.45, 7) is 1.32. The molecular formula is C25H22F4N4O2. The van der Waals surface area contributed by atoms with Crippen molar-refractivity contribution in [2.75, 3.05) is 6.61 Å². The first-order valence-corrected chi connectivity index (χ1v) is 10.9. The summed E-state index contributed by atoms with van der Waals surface area (Å²) in [6, 6.07) is 10.2. The van der Waals surface area contributed by atoms with E-state index in [4.69, 9.17) is 9.15 Å². The van der Waals surface area contributed by atoms with Crippen LogP contribution < -0.4 is 4.74 Å². The van der Waals surface area contributed by atoms with Crippen molar-refractivity contribution in [1.29, 1.82) is 0 Å². The van der Waals surface area contributed by atoms with Crippen molar-refractivity contribution < 1.29 is 26.7 Å². The van der Waals surface area contributed by atoms with Gasteiger partial charge in [0.25, 0.3) is 0 Å². The lowest BCUT2D eigenvalue weighted by molar-refractivity contribution is -0.137. The van der Waals surface area contributed by atoms with E-state index >= 15 is 0 Å². The highest BCUT2D eigenvalue weighted by molar-refractivity contribution is 5.66. The van der Waals surface area contributed by atoms with Crippen molar-refractivity contribution in [2.24, 2.45) is 0 Å². The Hall–Kier alpha value is -3.95. The van der Waals surface area contributed by atoms with Gasteiger partial charge in [-0.25, -0.2) is 9.37 Å². The monoisotopic (exact) mass is 486 g/mol. The van der Waals surface area contributed by atoms with Gasteiger partial charge < -0.3 is 9.15 Å². The summed E-state index contributed by atoms with van der Waals surface area (Å²) in [6.07, 6.45) is 5.30. The third-order valence-electron chi connectivity index (χ3n) is 5.17. The van der Waals surface area contributed by atoms with Crippen molar-refractivity contribution in [2.45, 2.75) is 32.0 Å². The molecule has 2 aromatic carbocycles. The van der Waals surface area contributed by atoms with Crippen molar-refractivity contribution in [1.82, 2.24) is 20.0 Å². The summed E-state index contributed by atoms with van der Waals surface area (Å²) in [7, 11) is 0. The van der Waals surface area contributed by atoms with Crippen LogP contribution in [0.3, 0.4) is 0 Å². The Bertz CT molecular complexity index is 1250. The van der Waals surface area contributed by atoms with Crippen molar-refractivity contribution >= 4 is 12.2 Å². The maximum absolute atomic E-state index is 14.0. The Morgan fingerprint density at radius 3 is 2.57 bits per heavy atom. The van der Waals surface area contributed by atoms with Crippen LogP contribution in [0.15, 0.2) is 65.5 Å². The summed E-state index contributed by atoms with van der Waals surface area (Å²) in [5.74, 6) is 0.0659. The van der Waals surface area contributed by atoms with Crippen molar-refractivity contribution in [3.05, 3.63) is 95.2 Å². The number of rotatable bonds is 10. The average molecular weight is 486 g/mol. The molecule has 0 N–H and O–H groups in total. The van der Waals surface area contributed by atoms with Gasteiger partial charge >= 0.3 is 6.18 Å². The third kappa shape index (κ3) is 7.02. The SMILES string of the molecule is Fc1cc(C(F)(F)F)ccc1/C=C/c1nc(CCc2ccc(OCCCn3ccnn3)cc2)co1. The van der Waals surface area contributed by atoms with E-state index in [-0.39, 0.29) is 11.5 Å². The van der Waals surface area contributed by atoms with Crippen LogP contribution in [0, 0.1) is 5.82 Å². The van der Waals surface area contributed by atoms with Gasteiger partial charge in [0.05, 0.1) is 24.1 Å². The summed E-state index contributed by atoms with van der Waals surface area (Å²) in [5, 5.41) is 7.66. The lowest BCUT2D eigenvalue weighted by Crippen LogP contribution is -2.05. The van der Waals surface area contributed by atoms with Gasteiger partial charge in [-0.3, -0.25) is 4.68 Å². The summed E-state index contributed by atoms with van der Waals surface area (Å²) in [4.78, 5) is 4.32. The highest BCUT2D eigenvalue weighted by Crippen LogP contribution is 2.30. The molecule has 0 unspecified atom stereocenters. The standard InChI is InChI=1S/C25H22F4N4O2/c26-23-16-20(25(27,28)29)7-5-19(23)6-11-24-31-21(17-35-24)8-2-18-3-9-22(10-4-18)34-15-1-13-33-14-12-30-32-33/h3-7,9-12,14,16-17H,1-2,8,13,15H2/b11-6+. The number of aryl methyl sites for hydroxylation is 3. The Morgan fingerprint density at radius 1 is 1.03 bits per heavy atom. The van der Waals surface area contributed by atoms with Crippen molar-refractivity contribution in [3.8, 4) is 5.75 Å². The van der Waals surface area contributed by atoms with Gasteiger partial charge in [-0.1, -0.05) is 23.4 Å². The molecule has 0 amide bonds. The number of nitrogens with zero attached hydrogens (tertiary/aromatic N) is 4. The Kier molecular flexibility index (Phi) is 7.59. The van der Waals surface area contributed by atoms with Crippen LogP contribution in [0.2, 0.25) is 0 Å². The number of aromatic nitrogens is 4. The first kappa shape index (κ1) is 24.2. The molecule has 0 spiro atoms. The van der Waals surface area contributed by atoms with Crippen LogP contribution in [0.4, 0.5) is 17.6 Å². The van der Waals surface area contributed by atoms with Crippen LogP contribution in [0.5, 0.6) is 5.75 Å². The van der Waals surface area contributed by atoms with Crippen molar-refractivity contribution in [3.63, 3.8) is 0 Å². The number of benzene rings is 2. The highest BCUT2D eigenvalue weighted by Gasteiger charge is 2.30. The fraction of sp³-hybridized carbons (Fsp3) is 0.240. The molecule has 35 heavy (non-hydrogen) atoms. The zero-order chi connectivity index (χ0) is 24.7. The number of ether oxygens (including phenoxy) is 1. The lowest BCUT2D eigenvalue weighted by Gasteiger charge is -2.07. The van der Waals surface area contributed by atoms with E-state index in [9.17, 15) is 17.6 Å². The summed E-state index contributed by atoms with van der Waals surface area (Å²) < 4.78 is 64.8. The zero-order valence-corrected chi connectivity index (χ0v) is 18.6. The number of hydrogen-bond acceptors (Lipinski definition) is 5. The topological polar surface area (TPSA) is 66.0 Å². The molecule has 0 bridgehead atoms. The van der Waals surface area contributed by atoms with Gasteiger partial charge in [0, 0.05) is 30.8 Å². The Morgan fingerprint density at radius 2 is 1.86 bits per heavy atom. The normalized spacial score (nSPS) is 11.9. The second-order valence-electron chi connectivity index (χ2n) is 7.76. The maximum Gasteiger partial charge on any atom is 0.416 e. The minimum Gasteiger partial charge on any atom is -0.494 e. The van der Waals surface area contributed by atoms with E-state index in [1.54, 1.807) is 10.9 Å². The number of halogens is 4. The fourth-order valence-corrected chi connectivity index (χ4v) is 3.31. The molecule has 0 atom stereocenters. The Balaban J connectivity index is 1.24. The lowest BCUT2D eigenvalue weighted by atomic mass is 10.1. The fourth-order valence-electron chi connectivity index (χ4n) is 3.31. The predicted octanol–water partition coefficient (Wildman–Crippen LogP) is 5.85. The second kappa shape index (κ2) is 11.0. The number of hydrogen-bond donors (Lipinski definition) is 0. The molecule has 6 nitrogen and oxygen atoms in total. The second-order valence-corrected chi connectivity index (χ2v) is 7.76. The third-order valence-corrected chi connectivity index (χ3v) is 5.17. The van der Waals surface area contributed by atoms with Gasteiger partial charge in [0.2, 0.25) is 5.89 Å². The van der Waals surface area contributed by atoms with Gasteiger partial charge in [0.15, 0.2) is 0 Å². The highest BCUT2D eigenvalue weighted by atomic mass is 19.4. The van der Waals surface area contributed by atoms with E-state index in [1.807, 2.05) is 30.5 Å². The molecule has 10 heteroatoms. The molecule has 0 aliphatic rings. The van der Waals surface area contributed by atoms with Gasteiger partial charge in [0.1, 0.15) is 17.8 Å². The molecule has 0 radical (unpaired) electrons. The molecule has 0 aliphatic heterocycles.